The molecule has 0 bridgehead atoms. The van der Waals surface area contributed by atoms with Crippen molar-refractivity contribution in [1.82, 2.24) is 15.1 Å². The van der Waals surface area contributed by atoms with Crippen LogP contribution in [0.2, 0.25) is 0 Å². The predicted molar refractivity (Wildman–Crippen MR) is 122 cm³/mol. The first-order valence-electron chi connectivity index (χ1n) is 10.4. The fourth-order valence-corrected chi connectivity index (χ4v) is 4.17. The van der Waals surface area contributed by atoms with Crippen LogP contribution in [0.3, 0.4) is 0 Å². The summed E-state index contributed by atoms with van der Waals surface area (Å²) in [6, 6.07) is 5.53. The molecule has 3 aromatic rings. The number of anilines is 2. The zero-order valence-corrected chi connectivity index (χ0v) is 19.9. The van der Waals surface area contributed by atoms with Crippen LogP contribution in [0.4, 0.5) is 20.7 Å². The molecule has 180 valence electrons. The summed E-state index contributed by atoms with van der Waals surface area (Å²) >= 11 is 0. The van der Waals surface area contributed by atoms with Gasteiger partial charge in [0, 0.05) is 35.9 Å². The van der Waals surface area contributed by atoms with Gasteiger partial charge in [0.1, 0.15) is 12.1 Å². The second-order valence-corrected chi connectivity index (χ2v) is 11.2. The number of hydrogen-bond acceptors (Lipinski definition) is 8. The maximum atomic E-state index is 15.2. The lowest BCUT2D eigenvalue weighted by molar-refractivity contribution is 0.257. The van der Waals surface area contributed by atoms with Crippen LogP contribution in [-0.4, -0.2) is 42.4 Å². The van der Waals surface area contributed by atoms with E-state index in [1.807, 2.05) is 20.8 Å². The third kappa shape index (κ3) is 5.16. The molecule has 0 spiro atoms. The van der Waals surface area contributed by atoms with Crippen molar-refractivity contribution in [3.8, 4) is 11.6 Å². The van der Waals surface area contributed by atoms with E-state index in [4.69, 9.17) is 9.26 Å². The largest absolute Gasteiger partial charge is 0.436 e. The van der Waals surface area contributed by atoms with E-state index in [-0.39, 0.29) is 40.9 Å². The molecular formula is C22H24FN5O5S. The molecule has 4 rings (SSSR count). The number of rotatable bonds is 5. The molecule has 0 unspecified atom stereocenters. The number of aromatic nitrogens is 3. The Balaban J connectivity index is 1.50. The summed E-state index contributed by atoms with van der Waals surface area (Å²) in [7, 11) is -3.30. The summed E-state index contributed by atoms with van der Waals surface area (Å²) in [5.41, 5.74) is 0.723. The van der Waals surface area contributed by atoms with Crippen molar-refractivity contribution in [1.29, 1.82) is 0 Å². The molecule has 34 heavy (non-hydrogen) atoms. The average molecular weight is 490 g/mol. The highest BCUT2D eigenvalue weighted by Gasteiger charge is 2.30. The minimum Gasteiger partial charge on any atom is -0.436 e. The number of sulfone groups is 1. The molecule has 3 heterocycles. The van der Waals surface area contributed by atoms with Gasteiger partial charge in [0.25, 0.3) is 0 Å². The molecule has 0 aliphatic carbocycles. The Labute approximate surface area is 196 Å². The van der Waals surface area contributed by atoms with E-state index >= 15 is 4.39 Å². The van der Waals surface area contributed by atoms with Gasteiger partial charge in [0.05, 0.1) is 17.1 Å². The molecule has 10 nitrogen and oxygen atoms in total. The number of hydrogen-bond donors (Lipinski definition) is 1. The first kappa shape index (κ1) is 23.6. The zero-order valence-electron chi connectivity index (χ0n) is 19.1. The second-order valence-electron chi connectivity index (χ2n) is 9.05. The van der Waals surface area contributed by atoms with Gasteiger partial charge < -0.3 is 9.26 Å². The Kier molecular flexibility index (Phi) is 6.02. The van der Waals surface area contributed by atoms with Crippen molar-refractivity contribution >= 4 is 27.4 Å². The third-order valence-corrected chi connectivity index (χ3v) is 5.93. The van der Waals surface area contributed by atoms with Gasteiger partial charge in [-0.3, -0.25) is 10.2 Å². The number of carbonyl (C=O) groups excluding carboxylic acids is 1. The number of carbonyl (C=O) groups is 1. The minimum atomic E-state index is -3.30. The van der Waals surface area contributed by atoms with Crippen molar-refractivity contribution in [3.63, 3.8) is 0 Å². The summed E-state index contributed by atoms with van der Waals surface area (Å²) < 4.78 is 49.0. The van der Waals surface area contributed by atoms with E-state index < -0.39 is 21.7 Å². The standard InChI is InChI=1S/C22H24FN5O5S/c1-22(2,3)17-10-18(27-33-17)26-21(29)28-8-7-14-15(28)5-6-16(20(14)23)32-19-9-13(24-12-25-19)11-34(4,30)31/h5-6,9-10,12H,7-8,11H2,1-4H3,(H,26,27,29). The molecule has 12 heteroatoms. The molecule has 0 atom stereocenters. The monoisotopic (exact) mass is 489 g/mol. The first-order valence-corrected chi connectivity index (χ1v) is 12.5. The van der Waals surface area contributed by atoms with Crippen LogP contribution in [0.15, 0.2) is 35.1 Å². The average Bonchev–Trinajstić information content (AvgIpc) is 3.36. The molecule has 2 aromatic heterocycles. The predicted octanol–water partition coefficient (Wildman–Crippen LogP) is 3.83. The van der Waals surface area contributed by atoms with E-state index in [2.05, 4.69) is 20.4 Å². The fourth-order valence-electron chi connectivity index (χ4n) is 3.47. The van der Waals surface area contributed by atoms with Gasteiger partial charge in [-0.15, -0.1) is 0 Å². The van der Waals surface area contributed by atoms with Crippen molar-refractivity contribution < 1.29 is 26.9 Å². The lowest BCUT2D eigenvalue weighted by Gasteiger charge is -2.17. The molecule has 1 N–H and O–H groups in total. The highest BCUT2D eigenvalue weighted by molar-refractivity contribution is 7.89. The highest BCUT2D eigenvalue weighted by atomic mass is 32.2. The number of amides is 2. The molecule has 1 aromatic carbocycles. The number of nitrogens with one attached hydrogen (secondary N) is 1. The molecule has 0 radical (unpaired) electrons. The quantitative estimate of drug-likeness (QED) is 0.573. The summed E-state index contributed by atoms with van der Waals surface area (Å²) in [4.78, 5) is 22.0. The molecule has 0 fully saturated rings. The lowest BCUT2D eigenvalue weighted by atomic mass is 9.93. The Bertz CT molecular complexity index is 1350. The summed E-state index contributed by atoms with van der Waals surface area (Å²) in [6.45, 7) is 6.17. The van der Waals surface area contributed by atoms with E-state index in [1.165, 1.54) is 17.0 Å². The van der Waals surface area contributed by atoms with Gasteiger partial charge in [0.2, 0.25) is 5.88 Å². The second kappa shape index (κ2) is 8.67. The van der Waals surface area contributed by atoms with Gasteiger partial charge in [-0.1, -0.05) is 25.9 Å². The Hall–Kier alpha value is -3.54. The van der Waals surface area contributed by atoms with E-state index in [1.54, 1.807) is 12.1 Å². The van der Waals surface area contributed by atoms with E-state index in [9.17, 15) is 13.2 Å². The number of nitrogens with zero attached hydrogens (tertiary/aromatic N) is 4. The number of halogens is 1. The lowest BCUT2D eigenvalue weighted by Crippen LogP contribution is -2.33. The van der Waals surface area contributed by atoms with Crippen LogP contribution in [-0.2, 0) is 27.4 Å². The van der Waals surface area contributed by atoms with Crippen molar-refractivity contribution in [2.24, 2.45) is 0 Å². The Morgan fingerprint density at radius 2 is 2.03 bits per heavy atom. The van der Waals surface area contributed by atoms with Crippen LogP contribution in [0.1, 0.15) is 37.8 Å². The highest BCUT2D eigenvalue weighted by Crippen LogP contribution is 2.36. The van der Waals surface area contributed by atoms with Crippen LogP contribution in [0.5, 0.6) is 11.6 Å². The van der Waals surface area contributed by atoms with Gasteiger partial charge in [-0.05, 0) is 18.6 Å². The van der Waals surface area contributed by atoms with Crippen LogP contribution in [0, 0.1) is 5.82 Å². The minimum absolute atomic E-state index is 0.0146. The topological polar surface area (TPSA) is 128 Å². The van der Waals surface area contributed by atoms with Crippen molar-refractivity contribution in [3.05, 3.63) is 53.4 Å². The molecule has 1 aliphatic rings. The number of benzene rings is 1. The van der Waals surface area contributed by atoms with Crippen molar-refractivity contribution in [2.45, 2.75) is 38.4 Å². The van der Waals surface area contributed by atoms with Gasteiger partial charge in [-0.25, -0.2) is 27.6 Å². The van der Waals surface area contributed by atoms with Crippen LogP contribution >= 0.6 is 0 Å². The van der Waals surface area contributed by atoms with Gasteiger partial charge >= 0.3 is 6.03 Å². The third-order valence-electron chi connectivity index (χ3n) is 5.11. The SMILES string of the molecule is CC(C)(C)c1cc(NC(=O)N2CCc3c2ccc(Oc2cc(CS(C)(=O)=O)ncn2)c3F)no1. The summed E-state index contributed by atoms with van der Waals surface area (Å²) in [5.74, 6) is -0.0743. The number of ether oxygens (including phenoxy) is 1. The maximum Gasteiger partial charge on any atom is 0.327 e. The molecule has 2 amide bonds. The molecule has 0 saturated heterocycles. The van der Waals surface area contributed by atoms with Gasteiger partial charge in [0.15, 0.2) is 27.2 Å². The first-order chi connectivity index (χ1) is 15.9. The normalized spacial score (nSPS) is 13.6. The van der Waals surface area contributed by atoms with E-state index in [0.29, 0.717) is 23.4 Å². The fraction of sp³-hybridized carbons (Fsp3) is 0.364. The molecule has 1 aliphatic heterocycles. The number of fused-ring (bicyclic) bond motifs is 1. The van der Waals surface area contributed by atoms with Gasteiger partial charge in [-0.2, -0.15) is 0 Å². The Morgan fingerprint density at radius 1 is 1.26 bits per heavy atom. The van der Waals surface area contributed by atoms with Crippen LogP contribution < -0.4 is 15.0 Å². The van der Waals surface area contributed by atoms with Crippen LogP contribution in [0.25, 0.3) is 0 Å². The number of urea groups is 1. The smallest absolute Gasteiger partial charge is 0.327 e. The maximum absolute atomic E-state index is 15.2. The summed E-state index contributed by atoms with van der Waals surface area (Å²) in [6.07, 6.45) is 2.53. The zero-order chi connectivity index (χ0) is 24.7. The van der Waals surface area contributed by atoms with E-state index in [0.717, 1.165) is 12.6 Å². The molecular weight excluding hydrogens is 465 g/mol. The Morgan fingerprint density at radius 3 is 2.71 bits per heavy atom. The molecule has 0 saturated carbocycles. The van der Waals surface area contributed by atoms with Crippen molar-refractivity contribution in [2.75, 3.05) is 23.0 Å². The summed E-state index contributed by atoms with van der Waals surface area (Å²) in [5, 5.41) is 6.56.